The average molecular weight is 180 g/mol. The van der Waals surface area contributed by atoms with Crippen molar-refractivity contribution in [2.24, 2.45) is 17.8 Å². The fraction of sp³-hybridized carbons (Fsp3) is 0.600. The van der Waals surface area contributed by atoms with Crippen molar-refractivity contribution in [3.8, 4) is 0 Å². The van der Waals surface area contributed by atoms with Gasteiger partial charge < -0.3 is 4.74 Å². The van der Waals surface area contributed by atoms with Crippen molar-refractivity contribution in [3.05, 3.63) is 11.6 Å². The summed E-state index contributed by atoms with van der Waals surface area (Å²) >= 11 is 0. The van der Waals surface area contributed by atoms with E-state index in [1.807, 2.05) is 13.8 Å². The smallest absolute Gasteiger partial charge is 0.318 e. The van der Waals surface area contributed by atoms with E-state index < -0.39 is 0 Å². The van der Waals surface area contributed by atoms with Crippen molar-refractivity contribution in [3.63, 3.8) is 0 Å². The third-order valence-electron chi connectivity index (χ3n) is 2.87. The molecule has 0 spiro atoms. The number of esters is 2. The number of carbonyl (C=O) groups is 2. The van der Waals surface area contributed by atoms with E-state index in [0.717, 1.165) is 0 Å². The summed E-state index contributed by atoms with van der Waals surface area (Å²) < 4.78 is 4.62. The van der Waals surface area contributed by atoms with Crippen LogP contribution in [0.4, 0.5) is 0 Å². The van der Waals surface area contributed by atoms with Crippen LogP contribution in [0.15, 0.2) is 11.6 Å². The molecule has 0 amide bonds. The number of cyclic esters (lactones) is 2. The third kappa shape index (κ3) is 1.19. The number of hydrogen-bond acceptors (Lipinski definition) is 3. The van der Waals surface area contributed by atoms with Crippen molar-refractivity contribution in [2.45, 2.75) is 20.3 Å². The molecular weight excluding hydrogens is 168 g/mol. The number of fused-ring (bicyclic) bond motifs is 1. The van der Waals surface area contributed by atoms with Gasteiger partial charge in [-0.3, -0.25) is 9.59 Å². The fourth-order valence-electron chi connectivity index (χ4n) is 2.31. The van der Waals surface area contributed by atoms with Gasteiger partial charge in [-0.15, -0.1) is 0 Å². The summed E-state index contributed by atoms with van der Waals surface area (Å²) in [5.41, 5.74) is 1.18. The zero-order valence-corrected chi connectivity index (χ0v) is 7.74. The largest absolute Gasteiger partial charge is 0.393 e. The predicted molar refractivity (Wildman–Crippen MR) is 45.6 cm³/mol. The third-order valence-corrected chi connectivity index (χ3v) is 2.87. The fourth-order valence-corrected chi connectivity index (χ4v) is 2.31. The highest BCUT2D eigenvalue weighted by Gasteiger charge is 2.48. The molecule has 3 nitrogen and oxygen atoms in total. The van der Waals surface area contributed by atoms with Crippen LogP contribution >= 0.6 is 0 Å². The molecule has 2 aliphatic rings. The molecule has 0 aromatic rings. The van der Waals surface area contributed by atoms with Crippen molar-refractivity contribution < 1.29 is 14.3 Å². The first-order chi connectivity index (χ1) is 6.09. The number of rotatable bonds is 0. The Morgan fingerprint density at radius 1 is 1.38 bits per heavy atom. The highest BCUT2D eigenvalue weighted by molar-refractivity contribution is 5.97. The number of ether oxygens (including phenoxy) is 1. The second-order valence-electron chi connectivity index (χ2n) is 3.95. The van der Waals surface area contributed by atoms with Crippen molar-refractivity contribution in [2.75, 3.05) is 0 Å². The Hall–Kier alpha value is -1.12. The SMILES string of the molecule is CC1=C[C@H](C)[C@H]2C(=O)OC(=O)[C@H]2C1. The van der Waals surface area contributed by atoms with Gasteiger partial charge in [0.1, 0.15) is 0 Å². The molecular formula is C10H12O3. The molecule has 1 heterocycles. The Balaban J connectivity index is 2.34. The van der Waals surface area contributed by atoms with Crippen LogP contribution < -0.4 is 0 Å². The van der Waals surface area contributed by atoms with Crippen LogP contribution in [-0.2, 0) is 14.3 Å². The maximum Gasteiger partial charge on any atom is 0.318 e. The lowest BCUT2D eigenvalue weighted by Crippen LogP contribution is -2.27. The molecule has 3 atom stereocenters. The van der Waals surface area contributed by atoms with Crippen LogP contribution in [0.2, 0.25) is 0 Å². The maximum absolute atomic E-state index is 11.3. The summed E-state index contributed by atoms with van der Waals surface area (Å²) in [6, 6.07) is 0. The standard InChI is InChI=1S/C10H12O3/c1-5-3-6(2)8-7(4-5)9(11)13-10(8)12/h3,6-8H,4H2,1-2H3/t6-,7-,8+/m0/s1. The zero-order chi connectivity index (χ0) is 9.59. The molecule has 0 radical (unpaired) electrons. The highest BCUT2D eigenvalue weighted by atomic mass is 16.6. The average Bonchev–Trinajstić information content (AvgIpc) is 2.27. The van der Waals surface area contributed by atoms with Gasteiger partial charge in [0.15, 0.2) is 0 Å². The monoisotopic (exact) mass is 180 g/mol. The van der Waals surface area contributed by atoms with E-state index in [-0.39, 0.29) is 29.7 Å². The van der Waals surface area contributed by atoms with Crippen LogP contribution in [0, 0.1) is 17.8 Å². The molecule has 70 valence electrons. The molecule has 0 saturated carbocycles. The van der Waals surface area contributed by atoms with Crippen LogP contribution in [0.3, 0.4) is 0 Å². The van der Waals surface area contributed by atoms with Gasteiger partial charge in [0.2, 0.25) is 0 Å². The van der Waals surface area contributed by atoms with E-state index in [1.54, 1.807) is 0 Å². The van der Waals surface area contributed by atoms with Crippen LogP contribution in [-0.4, -0.2) is 11.9 Å². The maximum atomic E-state index is 11.3. The van der Waals surface area contributed by atoms with E-state index in [9.17, 15) is 9.59 Å². The van der Waals surface area contributed by atoms with Crippen LogP contribution in [0.25, 0.3) is 0 Å². The molecule has 13 heavy (non-hydrogen) atoms. The van der Waals surface area contributed by atoms with E-state index in [2.05, 4.69) is 10.8 Å². The number of hydrogen-bond donors (Lipinski definition) is 0. The highest BCUT2D eigenvalue weighted by Crippen LogP contribution is 2.39. The van der Waals surface area contributed by atoms with Gasteiger partial charge in [0, 0.05) is 0 Å². The van der Waals surface area contributed by atoms with E-state index >= 15 is 0 Å². The molecule has 0 N–H and O–H groups in total. The lowest BCUT2D eigenvalue weighted by Gasteiger charge is -2.23. The number of carbonyl (C=O) groups excluding carboxylic acids is 2. The summed E-state index contributed by atoms with van der Waals surface area (Å²) in [5, 5.41) is 0. The molecule has 0 unspecified atom stereocenters. The van der Waals surface area contributed by atoms with Gasteiger partial charge >= 0.3 is 11.9 Å². The van der Waals surface area contributed by atoms with Crippen molar-refractivity contribution >= 4 is 11.9 Å². The second-order valence-corrected chi connectivity index (χ2v) is 3.95. The molecule has 0 bridgehead atoms. The molecule has 0 aromatic carbocycles. The number of allylic oxidation sites excluding steroid dienone is 2. The van der Waals surface area contributed by atoms with Gasteiger partial charge in [-0.2, -0.15) is 0 Å². The summed E-state index contributed by atoms with van der Waals surface area (Å²) in [6.45, 7) is 3.95. The van der Waals surface area contributed by atoms with E-state index in [1.165, 1.54) is 5.57 Å². The van der Waals surface area contributed by atoms with Gasteiger partial charge in [0.25, 0.3) is 0 Å². The summed E-state index contributed by atoms with van der Waals surface area (Å²) in [6.07, 6.45) is 2.74. The van der Waals surface area contributed by atoms with Crippen LogP contribution in [0.5, 0.6) is 0 Å². The molecule has 1 aliphatic heterocycles. The summed E-state index contributed by atoms with van der Waals surface area (Å²) in [7, 11) is 0. The lowest BCUT2D eigenvalue weighted by atomic mass is 9.76. The van der Waals surface area contributed by atoms with Crippen molar-refractivity contribution in [1.82, 2.24) is 0 Å². The minimum Gasteiger partial charge on any atom is -0.393 e. The molecule has 0 aromatic heterocycles. The Morgan fingerprint density at radius 2 is 2.08 bits per heavy atom. The summed E-state index contributed by atoms with van der Waals surface area (Å²) in [4.78, 5) is 22.5. The Bertz CT molecular complexity index is 303. The minimum atomic E-state index is -0.341. The minimum absolute atomic E-state index is 0.137. The Labute approximate surface area is 76.8 Å². The van der Waals surface area contributed by atoms with Crippen molar-refractivity contribution in [1.29, 1.82) is 0 Å². The van der Waals surface area contributed by atoms with Gasteiger partial charge in [-0.05, 0) is 19.3 Å². The van der Waals surface area contributed by atoms with Crippen LogP contribution in [0.1, 0.15) is 20.3 Å². The van der Waals surface area contributed by atoms with Gasteiger partial charge in [-0.1, -0.05) is 18.6 Å². The second kappa shape index (κ2) is 2.69. The zero-order valence-electron chi connectivity index (χ0n) is 7.74. The quantitative estimate of drug-likeness (QED) is 0.320. The Kier molecular flexibility index (Phi) is 1.75. The topological polar surface area (TPSA) is 43.4 Å². The normalized spacial score (nSPS) is 38.3. The lowest BCUT2D eigenvalue weighted by molar-refractivity contribution is -0.153. The molecule has 1 saturated heterocycles. The summed E-state index contributed by atoms with van der Waals surface area (Å²) in [5.74, 6) is -0.984. The van der Waals surface area contributed by atoms with E-state index in [4.69, 9.17) is 0 Å². The van der Waals surface area contributed by atoms with Gasteiger partial charge in [0.05, 0.1) is 11.8 Å². The van der Waals surface area contributed by atoms with Gasteiger partial charge in [-0.25, -0.2) is 0 Å². The first-order valence-electron chi connectivity index (χ1n) is 4.52. The molecule has 1 fully saturated rings. The Morgan fingerprint density at radius 3 is 2.77 bits per heavy atom. The molecule has 3 heteroatoms. The first-order valence-corrected chi connectivity index (χ1v) is 4.52. The van der Waals surface area contributed by atoms with E-state index in [0.29, 0.717) is 6.42 Å². The first kappa shape index (κ1) is 8.48. The predicted octanol–water partition coefficient (Wildman–Crippen LogP) is 1.29. The molecule has 1 aliphatic carbocycles. The molecule has 2 rings (SSSR count).